The van der Waals surface area contributed by atoms with E-state index in [4.69, 9.17) is 4.74 Å². The van der Waals surface area contributed by atoms with Crippen molar-refractivity contribution in [3.8, 4) is 5.75 Å². The van der Waals surface area contributed by atoms with E-state index < -0.39 is 0 Å². The Hall–Kier alpha value is -1.92. The lowest BCUT2D eigenvalue weighted by Crippen LogP contribution is -2.51. The number of carbonyl (C=O) groups is 2. The van der Waals surface area contributed by atoms with Crippen LogP contribution in [0.2, 0.25) is 0 Å². The molecule has 0 bridgehead atoms. The van der Waals surface area contributed by atoms with Gasteiger partial charge in [0.2, 0.25) is 11.8 Å². The van der Waals surface area contributed by atoms with Crippen molar-refractivity contribution < 1.29 is 14.3 Å². The Morgan fingerprint density at radius 2 is 1.57 bits per heavy atom. The van der Waals surface area contributed by atoms with Gasteiger partial charge in [-0.05, 0) is 25.8 Å². The zero-order valence-corrected chi connectivity index (χ0v) is 17.0. The fraction of sp³-hybridized carbons (Fsp3) is 0.636. The van der Waals surface area contributed by atoms with Crippen molar-refractivity contribution in [3.05, 3.63) is 29.3 Å². The van der Waals surface area contributed by atoms with Gasteiger partial charge in [-0.2, -0.15) is 0 Å². The van der Waals surface area contributed by atoms with Gasteiger partial charge in [0.25, 0.3) is 0 Å². The second-order valence-electron chi connectivity index (χ2n) is 8.45. The Labute approximate surface area is 167 Å². The molecule has 1 aliphatic carbocycles. The first-order valence-electron chi connectivity index (χ1n) is 10.5. The van der Waals surface area contributed by atoms with Gasteiger partial charge in [0.1, 0.15) is 5.75 Å². The lowest BCUT2D eigenvalue weighted by atomic mass is 9.81. The maximum absolute atomic E-state index is 12.7. The summed E-state index contributed by atoms with van der Waals surface area (Å²) in [5.41, 5.74) is 2.45. The second-order valence-corrected chi connectivity index (χ2v) is 8.45. The van der Waals surface area contributed by atoms with Crippen molar-refractivity contribution in [1.82, 2.24) is 14.7 Å². The maximum atomic E-state index is 12.7. The van der Waals surface area contributed by atoms with Crippen LogP contribution in [0.3, 0.4) is 0 Å². The molecule has 2 heterocycles. The average Bonchev–Trinajstić information content (AvgIpc) is 2.95. The molecule has 2 aliphatic heterocycles. The minimum Gasteiger partial charge on any atom is -0.496 e. The summed E-state index contributed by atoms with van der Waals surface area (Å²) in [6, 6.07) is 6.29. The lowest BCUT2D eigenvalue weighted by Gasteiger charge is -2.36. The van der Waals surface area contributed by atoms with Gasteiger partial charge < -0.3 is 4.74 Å². The third kappa shape index (κ3) is 3.80. The van der Waals surface area contributed by atoms with Crippen LogP contribution in [-0.4, -0.2) is 66.5 Å². The summed E-state index contributed by atoms with van der Waals surface area (Å²) in [6.07, 6.45) is 3.93. The van der Waals surface area contributed by atoms with E-state index >= 15 is 0 Å². The third-order valence-corrected chi connectivity index (χ3v) is 6.57. The molecule has 0 N–H and O–H groups in total. The highest BCUT2D eigenvalue weighted by atomic mass is 16.5. The molecule has 2 atom stereocenters. The molecule has 1 aromatic rings. The first kappa shape index (κ1) is 19.4. The number of likely N-dealkylation sites (tertiary alicyclic amines) is 1. The molecule has 3 fully saturated rings. The summed E-state index contributed by atoms with van der Waals surface area (Å²) >= 11 is 0. The Balaban J connectivity index is 1.32. The number of ether oxygens (including phenoxy) is 1. The van der Waals surface area contributed by atoms with E-state index in [0.717, 1.165) is 64.2 Å². The number of piperazine rings is 1. The van der Waals surface area contributed by atoms with Gasteiger partial charge in [-0.25, -0.2) is 0 Å². The fourth-order valence-electron chi connectivity index (χ4n) is 4.93. The van der Waals surface area contributed by atoms with E-state index in [1.54, 1.807) is 12.0 Å². The molecular weight excluding hydrogens is 354 g/mol. The molecule has 152 valence electrons. The standard InChI is InChI=1S/C22H31N3O3/c1-16-7-8-20(28-2)17(13-16)14-23-9-11-24(12-10-23)15-25-21(26)18-5-3-4-6-19(18)22(25)27/h7-8,13,18-19H,3-6,9-12,14-15H2,1-2H3/t18-,19+. The molecule has 6 heteroatoms. The van der Waals surface area contributed by atoms with E-state index in [1.165, 1.54) is 11.1 Å². The predicted octanol–water partition coefficient (Wildman–Crippen LogP) is 2.25. The molecule has 4 rings (SSSR count). The van der Waals surface area contributed by atoms with Crippen LogP contribution in [0.15, 0.2) is 18.2 Å². The molecule has 0 unspecified atom stereocenters. The van der Waals surface area contributed by atoms with E-state index in [-0.39, 0.29) is 23.7 Å². The van der Waals surface area contributed by atoms with Gasteiger partial charge in [0.15, 0.2) is 0 Å². The lowest BCUT2D eigenvalue weighted by molar-refractivity contribution is -0.142. The minimum atomic E-state index is -0.0451. The number of nitrogens with zero attached hydrogens (tertiary/aromatic N) is 3. The number of benzene rings is 1. The Morgan fingerprint density at radius 1 is 0.964 bits per heavy atom. The molecule has 1 saturated carbocycles. The highest BCUT2D eigenvalue weighted by Crippen LogP contribution is 2.38. The zero-order chi connectivity index (χ0) is 19.7. The second kappa shape index (κ2) is 8.21. The summed E-state index contributed by atoms with van der Waals surface area (Å²) in [4.78, 5) is 31.6. The largest absolute Gasteiger partial charge is 0.496 e. The van der Waals surface area contributed by atoms with Gasteiger partial charge in [-0.3, -0.25) is 24.3 Å². The number of hydrogen-bond donors (Lipinski definition) is 0. The van der Waals surface area contributed by atoms with Crippen LogP contribution in [0, 0.1) is 18.8 Å². The van der Waals surface area contributed by atoms with Crippen molar-refractivity contribution in [2.75, 3.05) is 40.0 Å². The smallest absolute Gasteiger partial charge is 0.234 e. The van der Waals surface area contributed by atoms with Gasteiger partial charge >= 0.3 is 0 Å². The number of carbonyl (C=O) groups excluding carboxylic acids is 2. The number of hydrogen-bond acceptors (Lipinski definition) is 5. The summed E-state index contributed by atoms with van der Waals surface area (Å²) in [7, 11) is 1.72. The number of amides is 2. The van der Waals surface area contributed by atoms with Crippen molar-refractivity contribution in [2.45, 2.75) is 39.2 Å². The number of imide groups is 1. The Morgan fingerprint density at radius 3 is 2.18 bits per heavy atom. The number of rotatable bonds is 5. The van der Waals surface area contributed by atoms with Crippen molar-refractivity contribution in [3.63, 3.8) is 0 Å². The van der Waals surface area contributed by atoms with Gasteiger partial charge in [0, 0.05) is 38.3 Å². The highest BCUT2D eigenvalue weighted by molar-refractivity contribution is 6.05. The van der Waals surface area contributed by atoms with Crippen molar-refractivity contribution >= 4 is 11.8 Å². The van der Waals surface area contributed by atoms with E-state index in [1.807, 2.05) is 6.07 Å². The summed E-state index contributed by atoms with van der Waals surface area (Å²) in [5.74, 6) is 0.986. The molecule has 3 aliphatic rings. The first-order chi connectivity index (χ1) is 13.6. The van der Waals surface area contributed by atoms with Crippen LogP contribution in [0.4, 0.5) is 0 Å². The first-order valence-corrected chi connectivity index (χ1v) is 10.5. The van der Waals surface area contributed by atoms with Crippen molar-refractivity contribution in [2.24, 2.45) is 11.8 Å². The zero-order valence-electron chi connectivity index (χ0n) is 17.0. The minimum absolute atomic E-state index is 0.0451. The molecule has 28 heavy (non-hydrogen) atoms. The van der Waals surface area contributed by atoms with Crippen LogP contribution in [-0.2, 0) is 16.1 Å². The summed E-state index contributed by atoms with van der Waals surface area (Å²) in [5, 5.41) is 0. The predicted molar refractivity (Wildman–Crippen MR) is 107 cm³/mol. The topological polar surface area (TPSA) is 53.1 Å². The quantitative estimate of drug-likeness (QED) is 0.728. The maximum Gasteiger partial charge on any atom is 0.234 e. The van der Waals surface area contributed by atoms with Crippen LogP contribution < -0.4 is 4.74 Å². The van der Waals surface area contributed by atoms with E-state index in [9.17, 15) is 9.59 Å². The van der Waals surface area contributed by atoms with Crippen LogP contribution in [0.5, 0.6) is 5.75 Å². The monoisotopic (exact) mass is 385 g/mol. The molecule has 2 saturated heterocycles. The molecule has 2 amide bonds. The molecule has 6 nitrogen and oxygen atoms in total. The normalized spacial score (nSPS) is 26.6. The Bertz CT molecular complexity index is 719. The average molecular weight is 386 g/mol. The van der Waals surface area contributed by atoms with Gasteiger partial charge in [-0.15, -0.1) is 0 Å². The fourth-order valence-corrected chi connectivity index (χ4v) is 4.93. The summed E-state index contributed by atoms with van der Waals surface area (Å²) < 4.78 is 5.50. The van der Waals surface area contributed by atoms with Crippen LogP contribution >= 0.6 is 0 Å². The highest BCUT2D eigenvalue weighted by Gasteiger charge is 2.48. The molecule has 0 spiro atoms. The SMILES string of the molecule is COc1ccc(C)cc1CN1CCN(CN2C(=O)[C@H]3CCCC[C@H]3C2=O)CC1. The van der Waals surface area contributed by atoms with Crippen molar-refractivity contribution in [1.29, 1.82) is 0 Å². The number of fused-ring (bicyclic) bond motifs is 1. The summed E-state index contributed by atoms with van der Waals surface area (Å²) in [6.45, 7) is 7.04. The number of aryl methyl sites for hydroxylation is 1. The van der Waals surface area contributed by atoms with E-state index in [2.05, 4.69) is 28.9 Å². The third-order valence-electron chi connectivity index (χ3n) is 6.57. The molecule has 0 radical (unpaired) electrons. The van der Waals surface area contributed by atoms with Crippen LogP contribution in [0.1, 0.15) is 36.8 Å². The number of methoxy groups -OCH3 is 1. The van der Waals surface area contributed by atoms with E-state index in [0.29, 0.717) is 6.67 Å². The van der Waals surface area contributed by atoms with Gasteiger partial charge in [0.05, 0.1) is 25.6 Å². The van der Waals surface area contributed by atoms with Gasteiger partial charge in [-0.1, -0.05) is 30.5 Å². The molecule has 1 aromatic carbocycles. The Kier molecular flexibility index (Phi) is 5.69. The van der Waals surface area contributed by atoms with Crippen LogP contribution in [0.25, 0.3) is 0 Å². The molecular formula is C22H31N3O3. The molecule has 0 aromatic heterocycles.